The van der Waals surface area contributed by atoms with Crippen LogP contribution < -0.4 is 0 Å². The Morgan fingerprint density at radius 2 is 2.24 bits per heavy atom. The molecule has 0 radical (unpaired) electrons. The van der Waals surface area contributed by atoms with Crippen molar-refractivity contribution in [3.63, 3.8) is 0 Å². The van der Waals surface area contributed by atoms with Crippen LogP contribution in [0.3, 0.4) is 0 Å². The molecule has 0 amide bonds. The third-order valence-electron chi connectivity index (χ3n) is 3.20. The minimum absolute atomic E-state index is 0.593. The van der Waals surface area contributed by atoms with Crippen LogP contribution in [0.2, 0.25) is 0 Å². The quantitative estimate of drug-likeness (QED) is 0.893. The topological polar surface area (TPSA) is 37.3 Å². The second-order valence-electron chi connectivity index (χ2n) is 5.26. The van der Waals surface area contributed by atoms with Gasteiger partial charge in [-0.25, -0.2) is 0 Å². The van der Waals surface area contributed by atoms with Crippen LogP contribution in [0.4, 0.5) is 0 Å². The maximum Gasteiger partial charge on any atom is 0.309 e. The highest BCUT2D eigenvalue weighted by Gasteiger charge is 2.27. The van der Waals surface area contributed by atoms with Crippen molar-refractivity contribution in [3.05, 3.63) is 29.3 Å². The van der Waals surface area contributed by atoms with E-state index in [1.54, 1.807) is 13.8 Å². The second-order valence-corrected chi connectivity index (χ2v) is 6.40. The molecule has 0 atom stereocenters. The zero-order chi connectivity index (χ0) is 12.5. The Hall–Kier alpha value is -0.960. The highest BCUT2D eigenvalue weighted by molar-refractivity contribution is 7.99. The van der Waals surface area contributed by atoms with Gasteiger partial charge in [0.05, 0.1) is 5.41 Å². The van der Waals surface area contributed by atoms with E-state index in [2.05, 4.69) is 18.2 Å². The standard InChI is InChI=1S/C14H18O2S/c1-14(2,13(15)16)9-10-5-6-11-4-3-7-17-12(11)8-10/h5-6,8H,3-4,7,9H2,1-2H3,(H,15,16). The Balaban J connectivity index is 2.20. The zero-order valence-electron chi connectivity index (χ0n) is 10.3. The van der Waals surface area contributed by atoms with Crippen molar-refractivity contribution in [1.82, 2.24) is 0 Å². The van der Waals surface area contributed by atoms with E-state index in [1.807, 2.05) is 11.8 Å². The fraction of sp³-hybridized carbons (Fsp3) is 0.500. The summed E-state index contributed by atoms with van der Waals surface area (Å²) in [6.45, 7) is 3.56. The molecular weight excluding hydrogens is 232 g/mol. The van der Waals surface area contributed by atoms with Crippen LogP contribution >= 0.6 is 11.8 Å². The maximum atomic E-state index is 11.1. The van der Waals surface area contributed by atoms with E-state index in [1.165, 1.54) is 22.6 Å². The van der Waals surface area contributed by atoms with Gasteiger partial charge in [0, 0.05) is 4.90 Å². The Kier molecular flexibility index (Phi) is 3.48. The number of aliphatic carboxylic acids is 1. The Morgan fingerprint density at radius 1 is 1.47 bits per heavy atom. The van der Waals surface area contributed by atoms with E-state index < -0.39 is 11.4 Å². The molecule has 2 rings (SSSR count). The van der Waals surface area contributed by atoms with Gasteiger partial charge in [-0.1, -0.05) is 12.1 Å². The number of carboxylic acid groups (broad SMARTS) is 1. The average molecular weight is 250 g/mol. The molecule has 0 fully saturated rings. The lowest BCUT2D eigenvalue weighted by Gasteiger charge is -2.21. The van der Waals surface area contributed by atoms with Crippen LogP contribution in [0.25, 0.3) is 0 Å². The SMILES string of the molecule is CC(C)(Cc1ccc2c(c1)SCCC2)C(=O)O. The van der Waals surface area contributed by atoms with Crippen molar-refractivity contribution >= 4 is 17.7 Å². The van der Waals surface area contributed by atoms with Gasteiger partial charge in [0.1, 0.15) is 0 Å². The van der Waals surface area contributed by atoms with Gasteiger partial charge in [-0.2, -0.15) is 0 Å². The van der Waals surface area contributed by atoms with Crippen molar-refractivity contribution in [3.8, 4) is 0 Å². The lowest BCUT2D eigenvalue weighted by Crippen LogP contribution is -2.26. The van der Waals surface area contributed by atoms with E-state index in [4.69, 9.17) is 5.11 Å². The number of hydrogen-bond acceptors (Lipinski definition) is 2. The smallest absolute Gasteiger partial charge is 0.309 e. The molecule has 17 heavy (non-hydrogen) atoms. The molecule has 2 nitrogen and oxygen atoms in total. The minimum atomic E-state index is -0.733. The molecule has 1 aliphatic rings. The number of hydrogen-bond donors (Lipinski definition) is 1. The van der Waals surface area contributed by atoms with Crippen LogP contribution in [0, 0.1) is 5.41 Å². The van der Waals surface area contributed by atoms with Crippen molar-refractivity contribution < 1.29 is 9.90 Å². The third-order valence-corrected chi connectivity index (χ3v) is 4.39. The lowest BCUT2D eigenvalue weighted by molar-refractivity contribution is -0.146. The highest BCUT2D eigenvalue weighted by Crippen LogP contribution is 2.32. The molecule has 3 heteroatoms. The number of rotatable bonds is 3. The van der Waals surface area contributed by atoms with Gasteiger partial charge in [-0.05, 0) is 56.1 Å². The molecule has 92 valence electrons. The van der Waals surface area contributed by atoms with E-state index in [0.717, 1.165) is 12.0 Å². The molecule has 1 aliphatic heterocycles. The number of carboxylic acids is 1. The number of benzene rings is 1. The molecule has 0 spiro atoms. The van der Waals surface area contributed by atoms with Gasteiger partial charge in [-0.15, -0.1) is 11.8 Å². The fourth-order valence-electron chi connectivity index (χ4n) is 2.08. The summed E-state index contributed by atoms with van der Waals surface area (Å²) in [5.41, 5.74) is 1.86. The van der Waals surface area contributed by atoms with E-state index in [9.17, 15) is 4.79 Å². The predicted molar refractivity (Wildman–Crippen MR) is 70.6 cm³/mol. The molecule has 1 aromatic rings. The fourth-order valence-corrected chi connectivity index (χ4v) is 3.18. The minimum Gasteiger partial charge on any atom is -0.481 e. The first-order chi connectivity index (χ1) is 7.99. The number of fused-ring (bicyclic) bond motifs is 1. The Labute approximate surface area is 106 Å². The molecule has 1 heterocycles. The van der Waals surface area contributed by atoms with E-state index in [0.29, 0.717) is 6.42 Å². The Morgan fingerprint density at radius 3 is 2.94 bits per heavy atom. The molecule has 0 aromatic heterocycles. The first-order valence-corrected chi connectivity index (χ1v) is 6.95. The van der Waals surface area contributed by atoms with Gasteiger partial charge in [0.2, 0.25) is 0 Å². The molecule has 0 unspecified atom stereocenters. The van der Waals surface area contributed by atoms with Crippen LogP contribution in [-0.4, -0.2) is 16.8 Å². The summed E-state index contributed by atoms with van der Waals surface area (Å²) in [4.78, 5) is 12.5. The summed E-state index contributed by atoms with van der Waals surface area (Å²) in [6.07, 6.45) is 3.00. The summed E-state index contributed by atoms with van der Waals surface area (Å²) >= 11 is 1.89. The highest BCUT2D eigenvalue weighted by atomic mass is 32.2. The number of thioether (sulfide) groups is 1. The monoisotopic (exact) mass is 250 g/mol. The maximum absolute atomic E-state index is 11.1. The van der Waals surface area contributed by atoms with Crippen molar-refractivity contribution in [2.45, 2.75) is 38.0 Å². The summed E-state index contributed by atoms with van der Waals surface area (Å²) < 4.78 is 0. The van der Waals surface area contributed by atoms with Gasteiger partial charge in [-0.3, -0.25) is 4.79 Å². The Bertz CT molecular complexity index is 438. The molecule has 1 N–H and O–H groups in total. The normalized spacial score (nSPS) is 15.4. The van der Waals surface area contributed by atoms with Gasteiger partial charge < -0.3 is 5.11 Å². The van der Waals surface area contributed by atoms with Crippen LogP contribution in [0.1, 0.15) is 31.4 Å². The number of carbonyl (C=O) groups is 1. The largest absolute Gasteiger partial charge is 0.481 e. The average Bonchev–Trinajstić information content (AvgIpc) is 2.28. The molecule has 0 saturated carbocycles. The van der Waals surface area contributed by atoms with Crippen molar-refractivity contribution in [2.24, 2.45) is 5.41 Å². The van der Waals surface area contributed by atoms with Gasteiger partial charge in [0.25, 0.3) is 0 Å². The molecule has 0 aliphatic carbocycles. The van der Waals surface area contributed by atoms with Crippen LogP contribution in [0.15, 0.2) is 23.1 Å². The van der Waals surface area contributed by atoms with Gasteiger partial charge in [0.15, 0.2) is 0 Å². The molecule has 0 saturated heterocycles. The summed E-state index contributed by atoms with van der Waals surface area (Å²) in [5.74, 6) is 0.446. The van der Waals surface area contributed by atoms with E-state index in [-0.39, 0.29) is 0 Å². The van der Waals surface area contributed by atoms with Gasteiger partial charge >= 0.3 is 5.97 Å². The zero-order valence-corrected chi connectivity index (χ0v) is 11.1. The summed E-state index contributed by atoms with van der Waals surface area (Å²) in [6, 6.07) is 6.41. The molecule has 0 bridgehead atoms. The summed E-state index contributed by atoms with van der Waals surface area (Å²) in [7, 11) is 0. The molecular formula is C14H18O2S. The van der Waals surface area contributed by atoms with Crippen LogP contribution in [0.5, 0.6) is 0 Å². The third kappa shape index (κ3) is 2.83. The van der Waals surface area contributed by atoms with Crippen LogP contribution in [-0.2, 0) is 17.6 Å². The predicted octanol–water partition coefficient (Wildman–Crippen LogP) is 3.38. The first kappa shape index (κ1) is 12.5. The summed E-state index contributed by atoms with van der Waals surface area (Å²) in [5, 5.41) is 9.14. The second kappa shape index (κ2) is 4.73. The molecule has 1 aromatic carbocycles. The first-order valence-electron chi connectivity index (χ1n) is 5.97. The lowest BCUT2D eigenvalue weighted by atomic mass is 9.85. The van der Waals surface area contributed by atoms with Crippen molar-refractivity contribution in [2.75, 3.05) is 5.75 Å². The number of aryl methyl sites for hydroxylation is 1. The van der Waals surface area contributed by atoms with E-state index >= 15 is 0 Å². The van der Waals surface area contributed by atoms with Crippen molar-refractivity contribution in [1.29, 1.82) is 0 Å².